The fourth-order valence-electron chi connectivity index (χ4n) is 4.45. The lowest BCUT2D eigenvalue weighted by Crippen LogP contribution is -2.44. The number of carbonyl (C=O) groups is 3. The van der Waals surface area contributed by atoms with Crippen LogP contribution in [0.1, 0.15) is 76.6 Å². The fraction of sp³-hybridized carbons (Fsp3) is 0.700. The average molecular weight is 565 g/mol. The van der Waals surface area contributed by atoms with E-state index in [-0.39, 0.29) is 42.4 Å². The summed E-state index contributed by atoms with van der Waals surface area (Å²) in [4.78, 5) is 36.7. The molecule has 0 aliphatic rings. The van der Waals surface area contributed by atoms with Crippen molar-refractivity contribution >= 4 is 17.7 Å². The molecule has 1 aromatic rings. The van der Waals surface area contributed by atoms with E-state index in [1.54, 1.807) is 25.3 Å². The first-order valence-electron chi connectivity index (χ1n) is 14.5. The van der Waals surface area contributed by atoms with Gasteiger partial charge in [-0.05, 0) is 62.0 Å². The third-order valence-corrected chi connectivity index (χ3v) is 7.20. The third-order valence-electron chi connectivity index (χ3n) is 7.20. The molecule has 0 aliphatic heterocycles. The molecule has 40 heavy (non-hydrogen) atoms. The van der Waals surface area contributed by atoms with E-state index >= 15 is 0 Å². The molecule has 1 aromatic carbocycles. The number of aliphatic hydroxyl groups is 1. The topological polar surface area (TPSA) is 166 Å². The quantitative estimate of drug-likeness (QED) is 0.143. The first-order chi connectivity index (χ1) is 19.0. The Kier molecular flexibility index (Phi) is 17.1. The van der Waals surface area contributed by atoms with Crippen LogP contribution in [0.3, 0.4) is 0 Å². The molecule has 0 radical (unpaired) electrons. The predicted molar refractivity (Wildman–Crippen MR) is 157 cm³/mol. The molecule has 10 heteroatoms. The molecule has 0 fully saturated rings. The maximum absolute atomic E-state index is 13.0. The second-order valence-corrected chi connectivity index (χ2v) is 11.2. The van der Waals surface area contributed by atoms with Crippen LogP contribution in [0.5, 0.6) is 5.75 Å². The van der Waals surface area contributed by atoms with Crippen LogP contribution >= 0.6 is 0 Å². The van der Waals surface area contributed by atoms with Gasteiger partial charge in [-0.3, -0.25) is 14.4 Å². The van der Waals surface area contributed by atoms with E-state index in [9.17, 15) is 19.5 Å². The number of hydrogen-bond donors (Lipinski definition) is 5. The van der Waals surface area contributed by atoms with Gasteiger partial charge in [-0.15, -0.1) is 0 Å². The van der Waals surface area contributed by atoms with E-state index in [1.807, 2.05) is 19.9 Å². The van der Waals surface area contributed by atoms with E-state index in [2.05, 4.69) is 24.5 Å². The van der Waals surface area contributed by atoms with Crippen molar-refractivity contribution < 1.29 is 29.0 Å². The third kappa shape index (κ3) is 13.6. The number of aliphatic hydroxyl groups excluding tert-OH is 1. The summed E-state index contributed by atoms with van der Waals surface area (Å²) >= 11 is 0. The van der Waals surface area contributed by atoms with Crippen LogP contribution in [0.2, 0.25) is 0 Å². The Morgan fingerprint density at radius 2 is 1.62 bits per heavy atom. The molecule has 1 rings (SSSR count). The van der Waals surface area contributed by atoms with Crippen LogP contribution < -0.4 is 26.8 Å². The summed E-state index contributed by atoms with van der Waals surface area (Å²) in [6.07, 6.45) is 2.23. The van der Waals surface area contributed by atoms with Crippen molar-refractivity contribution in [2.75, 3.05) is 33.4 Å². The molecule has 0 spiro atoms. The predicted octanol–water partition coefficient (Wildman–Crippen LogP) is 2.62. The first-order valence-corrected chi connectivity index (χ1v) is 14.5. The number of rotatable bonds is 21. The number of nitrogens with one attached hydrogen (secondary N) is 2. The second kappa shape index (κ2) is 19.4. The monoisotopic (exact) mass is 564 g/mol. The normalized spacial score (nSPS) is 14.4. The number of primary amides is 1. The van der Waals surface area contributed by atoms with E-state index < -0.39 is 24.0 Å². The number of methoxy groups -OCH3 is 1. The lowest BCUT2D eigenvalue weighted by Gasteiger charge is -2.30. The highest BCUT2D eigenvalue weighted by atomic mass is 16.5. The van der Waals surface area contributed by atoms with Gasteiger partial charge in [0.2, 0.25) is 11.8 Å². The Balaban J connectivity index is 2.69. The van der Waals surface area contributed by atoms with E-state index in [0.29, 0.717) is 50.5 Å². The molecular formula is C30H52N4O6. The Bertz CT molecular complexity index is 895. The summed E-state index contributed by atoms with van der Waals surface area (Å²) < 4.78 is 10.9. The Morgan fingerprint density at radius 1 is 0.950 bits per heavy atom. The van der Waals surface area contributed by atoms with Crippen molar-refractivity contribution in [3.05, 3.63) is 29.8 Å². The van der Waals surface area contributed by atoms with Gasteiger partial charge < -0.3 is 36.7 Å². The number of unbranched alkanes of at least 4 members (excludes halogenated alkanes) is 1. The van der Waals surface area contributed by atoms with Crippen LogP contribution in [0.25, 0.3) is 0 Å². The Hall–Kier alpha value is -2.69. The van der Waals surface area contributed by atoms with Gasteiger partial charge in [0.1, 0.15) is 5.75 Å². The van der Waals surface area contributed by atoms with Crippen LogP contribution in [-0.4, -0.2) is 68.4 Å². The summed E-state index contributed by atoms with van der Waals surface area (Å²) in [6.45, 7) is 9.89. The zero-order chi connectivity index (χ0) is 30.1. The number of benzene rings is 1. The van der Waals surface area contributed by atoms with Gasteiger partial charge in [0.25, 0.3) is 5.91 Å². The molecule has 7 N–H and O–H groups in total. The van der Waals surface area contributed by atoms with Crippen LogP contribution in [0.15, 0.2) is 24.3 Å². The highest BCUT2D eigenvalue weighted by molar-refractivity contribution is 5.96. The Morgan fingerprint density at radius 3 is 2.25 bits per heavy atom. The van der Waals surface area contributed by atoms with Crippen molar-refractivity contribution in [1.29, 1.82) is 0 Å². The highest BCUT2D eigenvalue weighted by Crippen LogP contribution is 2.24. The van der Waals surface area contributed by atoms with Crippen LogP contribution in [0, 0.1) is 23.7 Å². The maximum atomic E-state index is 13.0. The Labute approximate surface area is 239 Å². The maximum Gasteiger partial charge on any atom is 0.255 e. The fourth-order valence-corrected chi connectivity index (χ4v) is 4.45. The average Bonchev–Trinajstić information content (AvgIpc) is 2.91. The van der Waals surface area contributed by atoms with Gasteiger partial charge in [0, 0.05) is 45.2 Å². The number of carbonyl (C=O) groups excluding carboxylic acids is 3. The summed E-state index contributed by atoms with van der Waals surface area (Å²) in [5.41, 5.74) is 12.0. The van der Waals surface area contributed by atoms with E-state index in [1.165, 1.54) is 0 Å². The van der Waals surface area contributed by atoms with E-state index in [4.69, 9.17) is 20.9 Å². The number of ether oxygens (including phenoxy) is 2. The minimum Gasteiger partial charge on any atom is -0.493 e. The molecule has 0 saturated carbocycles. The van der Waals surface area contributed by atoms with Crippen LogP contribution in [-0.2, 0) is 14.3 Å². The van der Waals surface area contributed by atoms with Crippen molar-refractivity contribution in [3.8, 4) is 5.75 Å². The van der Waals surface area contributed by atoms with Gasteiger partial charge in [0.15, 0.2) is 0 Å². The van der Waals surface area contributed by atoms with E-state index in [0.717, 1.165) is 12.8 Å². The summed E-state index contributed by atoms with van der Waals surface area (Å²) in [6, 6.07) is 6.61. The van der Waals surface area contributed by atoms with Gasteiger partial charge in [-0.2, -0.15) is 0 Å². The van der Waals surface area contributed by atoms with Crippen molar-refractivity contribution in [1.82, 2.24) is 10.6 Å². The second-order valence-electron chi connectivity index (χ2n) is 11.2. The zero-order valence-corrected chi connectivity index (χ0v) is 25.0. The number of nitrogens with two attached hydrogens (primary N) is 2. The largest absolute Gasteiger partial charge is 0.493 e. The van der Waals surface area contributed by atoms with Gasteiger partial charge in [0.05, 0.1) is 18.3 Å². The minimum absolute atomic E-state index is 0.000407. The lowest BCUT2D eigenvalue weighted by atomic mass is 9.83. The molecule has 0 aromatic heterocycles. The van der Waals surface area contributed by atoms with Gasteiger partial charge >= 0.3 is 0 Å². The SMILES string of the molecule is COCCCCOc1ccccc1C(=O)NC[C@@H](C[C@H](N)[C@@H](O)C[C@H](C(=O)NCCCC(N)=O)C(C)C)C(C)C. The number of amides is 3. The van der Waals surface area contributed by atoms with Crippen molar-refractivity contribution in [3.63, 3.8) is 0 Å². The highest BCUT2D eigenvalue weighted by Gasteiger charge is 2.29. The molecule has 228 valence electrons. The first kappa shape index (κ1) is 35.3. The number of hydrogen-bond acceptors (Lipinski definition) is 7. The summed E-state index contributed by atoms with van der Waals surface area (Å²) in [7, 11) is 1.66. The lowest BCUT2D eigenvalue weighted by molar-refractivity contribution is -0.128. The smallest absolute Gasteiger partial charge is 0.255 e. The molecule has 10 nitrogen and oxygen atoms in total. The zero-order valence-electron chi connectivity index (χ0n) is 25.0. The number of para-hydroxylation sites is 1. The van der Waals surface area contributed by atoms with Crippen molar-refractivity contribution in [2.45, 2.75) is 78.4 Å². The minimum atomic E-state index is -0.882. The molecule has 4 atom stereocenters. The molecule has 0 bridgehead atoms. The molecule has 0 saturated heterocycles. The molecule has 3 amide bonds. The summed E-state index contributed by atoms with van der Waals surface area (Å²) in [5, 5.41) is 16.8. The van der Waals surface area contributed by atoms with Gasteiger partial charge in [-0.25, -0.2) is 0 Å². The molecular weight excluding hydrogens is 512 g/mol. The molecule has 0 heterocycles. The standard InChI is InChI=1S/C30H52N4O6/c1-20(2)22(19-34-29(37)23-11-6-7-12-27(23)40-16-9-8-15-39-5)17-25(31)26(35)18-24(21(3)4)30(38)33-14-10-13-28(32)36/h6-7,11-12,20-22,24-26,35H,8-10,13-19,31H2,1-5H3,(H2,32,36)(H,33,38)(H,34,37)/t22-,24+,25+,26+/m1/s1. The summed E-state index contributed by atoms with van der Waals surface area (Å²) in [5.74, 6) is -0.441. The van der Waals surface area contributed by atoms with Gasteiger partial charge in [-0.1, -0.05) is 39.8 Å². The van der Waals surface area contributed by atoms with Crippen molar-refractivity contribution in [2.24, 2.45) is 35.1 Å². The molecule has 0 unspecified atom stereocenters. The van der Waals surface area contributed by atoms with Crippen LogP contribution in [0.4, 0.5) is 0 Å². The molecule has 0 aliphatic carbocycles.